The van der Waals surface area contributed by atoms with E-state index in [2.05, 4.69) is 58.3 Å². The predicted octanol–water partition coefficient (Wildman–Crippen LogP) is 3.88. The molecule has 0 amide bonds. The Balaban J connectivity index is 2.68. The maximum Gasteiger partial charge on any atom is 0.0885 e. The van der Waals surface area contributed by atoms with E-state index in [-0.39, 0.29) is 0 Å². The third-order valence-corrected chi connectivity index (χ3v) is 3.33. The number of anilines is 1. The quantitative estimate of drug-likeness (QED) is 0.930. The zero-order chi connectivity index (χ0) is 13.1. The molecule has 1 heterocycles. The molecule has 3 nitrogen and oxygen atoms in total. The van der Waals surface area contributed by atoms with Gasteiger partial charge in [-0.15, -0.1) is 0 Å². The first-order valence-electron chi connectivity index (χ1n) is 5.98. The molecule has 0 aliphatic heterocycles. The van der Waals surface area contributed by atoms with Crippen LogP contribution in [0.25, 0.3) is 10.9 Å². The van der Waals surface area contributed by atoms with E-state index in [9.17, 15) is 0 Å². The Bertz CT molecular complexity index is 569. The monoisotopic (exact) mass is 308 g/mol. The Morgan fingerprint density at radius 3 is 2.78 bits per heavy atom. The van der Waals surface area contributed by atoms with E-state index in [1.807, 2.05) is 0 Å². The lowest BCUT2D eigenvalue weighted by molar-refractivity contribution is 0.182. The highest BCUT2D eigenvalue weighted by Crippen LogP contribution is 2.30. The van der Waals surface area contributed by atoms with E-state index in [0.29, 0.717) is 6.61 Å². The van der Waals surface area contributed by atoms with Crippen LogP contribution in [0, 0.1) is 6.92 Å². The molecule has 0 spiro atoms. The zero-order valence-corrected chi connectivity index (χ0v) is 12.5. The fourth-order valence-electron chi connectivity index (χ4n) is 2.03. The highest BCUT2D eigenvalue weighted by Gasteiger charge is 2.09. The summed E-state index contributed by atoms with van der Waals surface area (Å²) in [7, 11) is 1.68. The van der Waals surface area contributed by atoms with Gasteiger partial charge in [0.15, 0.2) is 0 Å². The van der Waals surface area contributed by atoms with Crippen LogP contribution >= 0.6 is 15.9 Å². The van der Waals surface area contributed by atoms with E-state index in [4.69, 9.17) is 4.74 Å². The van der Waals surface area contributed by atoms with E-state index >= 15 is 0 Å². The number of aromatic nitrogens is 1. The van der Waals surface area contributed by atoms with Gasteiger partial charge in [-0.1, -0.05) is 0 Å². The molecule has 2 aromatic rings. The van der Waals surface area contributed by atoms with Crippen LogP contribution in [0.1, 0.15) is 18.2 Å². The molecule has 0 aliphatic rings. The summed E-state index contributed by atoms with van der Waals surface area (Å²) in [5.74, 6) is 0. The minimum atomic E-state index is 0.522. The Morgan fingerprint density at radius 2 is 2.11 bits per heavy atom. The number of ether oxygens (including phenoxy) is 1. The molecule has 0 radical (unpaired) electrons. The first kappa shape index (κ1) is 13.3. The maximum atomic E-state index is 5.17. The van der Waals surface area contributed by atoms with Crippen LogP contribution in [0.15, 0.2) is 22.7 Å². The highest BCUT2D eigenvalue weighted by atomic mass is 79.9. The molecule has 0 unspecified atom stereocenters. The van der Waals surface area contributed by atoms with Gasteiger partial charge >= 0.3 is 0 Å². The molecule has 2 rings (SSSR count). The summed E-state index contributed by atoms with van der Waals surface area (Å²) >= 11 is 3.59. The van der Waals surface area contributed by atoms with Gasteiger partial charge in [0.1, 0.15) is 0 Å². The third kappa shape index (κ3) is 2.65. The number of methoxy groups -OCH3 is 1. The number of nitrogens with zero attached hydrogens (tertiary/aromatic N) is 1. The van der Waals surface area contributed by atoms with Crippen molar-refractivity contribution in [1.82, 2.24) is 4.98 Å². The van der Waals surface area contributed by atoms with Gasteiger partial charge in [-0.3, -0.25) is 0 Å². The van der Waals surface area contributed by atoms with Crippen LogP contribution in [-0.4, -0.2) is 18.6 Å². The Hall–Kier alpha value is -1.13. The number of nitrogens with one attached hydrogen (secondary N) is 1. The molecule has 18 heavy (non-hydrogen) atoms. The third-order valence-electron chi connectivity index (χ3n) is 2.72. The number of hydrogen-bond donors (Lipinski definition) is 1. The highest BCUT2D eigenvalue weighted by molar-refractivity contribution is 9.10. The summed E-state index contributed by atoms with van der Waals surface area (Å²) in [6.07, 6.45) is 0. The zero-order valence-electron chi connectivity index (χ0n) is 10.9. The van der Waals surface area contributed by atoms with Crippen LogP contribution in [0.3, 0.4) is 0 Å². The van der Waals surface area contributed by atoms with Crippen LogP contribution in [-0.2, 0) is 11.3 Å². The molecule has 1 aromatic carbocycles. The van der Waals surface area contributed by atoms with Gasteiger partial charge < -0.3 is 10.1 Å². The smallest absolute Gasteiger partial charge is 0.0885 e. The fraction of sp³-hybridized carbons (Fsp3) is 0.357. The molecule has 96 valence electrons. The van der Waals surface area contributed by atoms with Crippen molar-refractivity contribution in [1.29, 1.82) is 0 Å². The number of pyridine rings is 1. The second-order valence-electron chi connectivity index (χ2n) is 4.27. The van der Waals surface area contributed by atoms with Crippen LogP contribution in [0.5, 0.6) is 0 Å². The largest absolute Gasteiger partial charge is 0.385 e. The Morgan fingerprint density at radius 1 is 1.33 bits per heavy atom. The van der Waals surface area contributed by atoms with Crippen LogP contribution in [0.2, 0.25) is 0 Å². The average molecular weight is 309 g/mol. The van der Waals surface area contributed by atoms with Crippen molar-refractivity contribution >= 4 is 32.5 Å². The van der Waals surface area contributed by atoms with Crippen molar-refractivity contribution in [3.63, 3.8) is 0 Å². The SMILES string of the molecule is CCNc1cc(COC)nc2c(Br)cc(C)cc12. The van der Waals surface area contributed by atoms with Crippen molar-refractivity contribution in [2.75, 3.05) is 19.0 Å². The van der Waals surface area contributed by atoms with E-state index in [1.54, 1.807) is 7.11 Å². The van der Waals surface area contributed by atoms with Crippen molar-refractivity contribution in [2.45, 2.75) is 20.5 Å². The minimum absolute atomic E-state index is 0.522. The second-order valence-corrected chi connectivity index (χ2v) is 5.12. The molecule has 0 saturated carbocycles. The summed E-state index contributed by atoms with van der Waals surface area (Å²) in [5, 5.41) is 4.53. The lowest BCUT2D eigenvalue weighted by Crippen LogP contribution is -2.02. The molecule has 1 N–H and O–H groups in total. The predicted molar refractivity (Wildman–Crippen MR) is 79.1 cm³/mol. The first-order chi connectivity index (χ1) is 8.65. The van der Waals surface area contributed by atoms with Crippen LogP contribution < -0.4 is 5.32 Å². The normalized spacial score (nSPS) is 10.9. The number of halogens is 1. The number of fused-ring (bicyclic) bond motifs is 1. The topological polar surface area (TPSA) is 34.1 Å². The van der Waals surface area contributed by atoms with Crippen molar-refractivity contribution < 1.29 is 4.74 Å². The van der Waals surface area contributed by atoms with E-state index in [0.717, 1.165) is 33.3 Å². The Kier molecular flexibility index (Phi) is 4.19. The number of benzene rings is 1. The van der Waals surface area contributed by atoms with Crippen molar-refractivity contribution in [3.8, 4) is 0 Å². The van der Waals surface area contributed by atoms with Gasteiger partial charge in [-0.2, -0.15) is 0 Å². The molecule has 0 atom stereocenters. The number of hydrogen-bond acceptors (Lipinski definition) is 3. The van der Waals surface area contributed by atoms with Crippen LogP contribution in [0.4, 0.5) is 5.69 Å². The van der Waals surface area contributed by atoms with Gasteiger partial charge in [-0.05, 0) is 53.5 Å². The first-order valence-corrected chi connectivity index (χ1v) is 6.77. The molecule has 0 bridgehead atoms. The van der Waals surface area contributed by atoms with Gasteiger partial charge in [0.05, 0.1) is 17.8 Å². The summed E-state index contributed by atoms with van der Waals surface area (Å²) < 4.78 is 6.19. The lowest BCUT2D eigenvalue weighted by Gasteiger charge is -2.12. The van der Waals surface area contributed by atoms with Crippen molar-refractivity contribution in [2.24, 2.45) is 0 Å². The average Bonchev–Trinajstić information content (AvgIpc) is 2.31. The fourth-order valence-corrected chi connectivity index (χ4v) is 2.70. The van der Waals surface area contributed by atoms with Crippen molar-refractivity contribution in [3.05, 3.63) is 33.9 Å². The molecule has 1 aromatic heterocycles. The molecule has 0 aliphatic carbocycles. The molecular formula is C14H17BrN2O. The summed E-state index contributed by atoms with van der Waals surface area (Å²) in [6, 6.07) is 6.30. The molecule has 0 saturated heterocycles. The number of aryl methyl sites for hydroxylation is 1. The van der Waals surface area contributed by atoms with E-state index in [1.165, 1.54) is 5.56 Å². The minimum Gasteiger partial charge on any atom is -0.385 e. The van der Waals surface area contributed by atoms with Gasteiger partial charge in [0.2, 0.25) is 0 Å². The maximum absolute atomic E-state index is 5.17. The standard InChI is InChI=1S/C14H17BrN2O/c1-4-16-13-7-10(8-18-3)17-14-11(13)5-9(2)6-12(14)15/h5-7H,4,8H2,1-3H3,(H,16,17). The summed E-state index contributed by atoms with van der Waals surface area (Å²) in [5.41, 5.74) is 4.24. The molecule has 0 fully saturated rings. The summed E-state index contributed by atoms with van der Waals surface area (Å²) in [6.45, 7) is 5.59. The van der Waals surface area contributed by atoms with Gasteiger partial charge in [0.25, 0.3) is 0 Å². The van der Waals surface area contributed by atoms with Gasteiger partial charge in [-0.25, -0.2) is 4.98 Å². The Labute approximate surface area is 116 Å². The summed E-state index contributed by atoms with van der Waals surface area (Å²) in [4.78, 5) is 4.64. The lowest BCUT2D eigenvalue weighted by atomic mass is 10.1. The molecule has 4 heteroatoms. The second kappa shape index (κ2) is 5.67. The number of rotatable bonds is 4. The van der Waals surface area contributed by atoms with Gasteiger partial charge in [0, 0.05) is 29.2 Å². The molecular weight excluding hydrogens is 292 g/mol. The van der Waals surface area contributed by atoms with E-state index < -0.39 is 0 Å².